The van der Waals surface area contributed by atoms with Crippen LogP contribution in [0.2, 0.25) is 0 Å². The number of nitrogens with one attached hydrogen (secondary N) is 1. The van der Waals surface area contributed by atoms with Gasteiger partial charge in [-0.2, -0.15) is 0 Å². The molecule has 1 aliphatic rings. The standard InChI is InChI=1S/C14H21NO3/c1-14(5-7-18-8-6-14)15-10-11-3-4-12(16)13(9-11)17-2/h3-4,9,15-16H,5-8,10H2,1-2H3. The average molecular weight is 251 g/mol. The van der Waals surface area contributed by atoms with Crippen LogP contribution < -0.4 is 10.1 Å². The van der Waals surface area contributed by atoms with Crippen molar-refractivity contribution in [2.45, 2.75) is 31.8 Å². The number of hydrogen-bond acceptors (Lipinski definition) is 4. The fourth-order valence-corrected chi connectivity index (χ4v) is 2.15. The number of aromatic hydroxyl groups is 1. The number of benzene rings is 1. The molecule has 0 unspecified atom stereocenters. The molecule has 4 heteroatoms. The summed E-state index contributed by atoms with van der Waals surface area (Å²) in [6.07, 6.45) is 2.06. The molecule has 1 aromatic rings. The van der Waals surface area contributed by atoms with Crippen LogP contribution in [0.4, 0.5) is 0 Å². The maximum Gasteiger partial charge on any atom is 0.160 e. The molecule has 1 fully saturated rings. The van der Waals surface area contributed by atoms with Crippen LogP contribution in [0.5, 0.6) is 11.5 Å². The lowest BCUT2D eigenvalue weighted by molar-refractivity contribution is 0.0446. The van der Waals surface area contributed by atoms with Gasteiger partial charge in [-0.3, -0.25) is 0 Å². The van der Waals surface area contributed by atoms with E-state index in [1.807, 2.05) is 12.1 Å². The van der Waals surface area contributed by atoms with E-state index in [2.05, 4.69) is 12.2 Å². The minimum atomic E-state index is 0.142. The molecular formula is C14H21NO3. The Labute approximate surface area is 108 Å². The molecule has 2 N–H and O–H groups in total. The van der Waals surface area contributed by atoms with Gasteiger partial charge in [0.25, 0.3) is 0 Å². The monoisotopic (exact) mass is 251 g/mol. The van der Waals surface area contributed by atoms with E-state index >= 15 is 0 Å². The zero-order valence-corrected chi connectivity index (χ0v) is 11.0. The van der Waals surface area contributed by atoms with Gasteiger partial charge in [0, 0.05) is 25.3 Å². The van der Waals surface area contributed by atoms with Gasteiger partial charge >= 0.3 is 0 Å². The molecule has 0 spiro atoms. The van der Waals surface area contributed by atoms with Gasteiger partial charge in [0.1, 0.15) is 0 Å². The highest BCUT2D eigenvalue weighted by Gasteiger charge is 2.26. The lowest BCUT2D eigenvalue weighted by atomic mass is 9.92. The molecule has 100 valence electrons. The molecule has 2 rings (SSSR count). The summed E-state index contributed by atoms with van der Waals surface area (Å²) >= 11 is 0. The molecule has 0 bridgehead atoms. The van der Waals surface area contributed by atoms with Crippen LogP contribution in [-0.2, 0) is 11.3 Å². The smallest absolute Gasteiger partial charge is 0.160 e. The zero-order chi connectivity index (χ0) is 13.0. The van der Waals surface area contributed by atoms with Crippen molar-refractivity contribution in [3.05, 3.63) is 23.8 Å². The van der Waals surface area contributed by atoms with Gasteiger partial charge in [0.2, 0.25) is 0 Å². The topological polar surface area (TPSA) is 50.7 Å². The Morgan fingerprint density at radius 1 is 1.39 bits per heavy atom. The Hall–Kier alpha value is -1.26. The quantitative estimate of drug-likeness (QED) is 0.860. The fourth-order valence-electron chi connectivity index (χ4n) is 2.15. The zero-order valence-electron chi connectivity index (χ0n) is 11.0. The first-order chi connectivity index (χ1) is 8.63. The first-order valence-corrected chi connectivity index (χ1v) is 6.32. The molecule has 0 amide bonds. The third kappa shape index (κ3) is 3.15. The molecule has 1 aliphatic heterocycles. The van der Waals surface area contributed by atoms with Crippen molar-refractivity contribution in [3.8, 4) is 11.5 Å². The average Bonchev–Trinajstić information content (AvgIpc) is 2.39. The van der Waals surface area contributed by atoms with Crippen LogP contribution in [-0.4, -0.2) is 31.0 Å². The number of ether oxygens (including phenoxy) is 2. The van der Waals surface area contributed by atoms with Crippen molar-refractivity contribution in [1.82, 2.24) is 5.32 Å². The van der Waals surface area contributed by atoms with Gasteiger partial charge in [-0.15, -0.1) is 0 Å². The molecule has 0 saturated carbocycles. The van der Waals surface area contributed by atoms with Gasteiger partial charge < -0.3 is 19.9 Å². The van der Waals surface area contributed by atoms with Crippen molar-refractivity contribution in [2.75, 3.05) is 20.3 Å². The van der Waals surface area contributed by atoms with E-state index in [0.29, 0.717) is 5.75 Å². The number of rotatable bonds is 4. The van der Waals surface area contributed by atoms with Crippen LogP contribution in [0, 0.1) is 0 Å². The highest BCUT2D eigenvalue weighted by atomic mass is 16.5. The highest BCUT2D eigenvalue weighted by Crippen LogP contribution is 2.27. The molecule has 0 aromatic heterocycles. The summed E-state index contributed by atoms with van der Waals surface area (Å²) in [4.78, 5) is 0. The third-order valence-electron chi connectivity index (χ3n) is 3.56. The molecule has 0 atom stereocenters. The van der Waals surface area contributed by atoms with Crippen molar-refractivity contribution >= 4 is 0 Å². The summed E-state index contributed by atoms with van der Waals surface area (Å²) in [6.45, 7) is 4.64. The second-order valence-electron chi connectivity index (χ2n) is 5.03. The summed E-state index contributed by atoms with van der Waals surface area (Å²) in [7, 11) is 1.56. The number of hydrogen-bond donors (Lipinski definition) is 2. The Kier molecular flexibility index (Phi) is 4.09. The lowest BCUT2D eigenvalue weighted by Gasteiger charge is -2.34. The van der Waals surface area contributed by atoms with Crippen molar-refractivity contribution in [1.29, 1.82) is 0 Å². The summed E-state index contributed by atoms with van der Waals surface area (Å²) in [6, 6.07) is 5.45. The molecule has 1 heterocycles. The SMILES string of the molecule is COc1cc(CNC2(C)CCOCC2)ccc1O. The third-order valence-corrected chi connectivity index (χ3v) is 3.56. The largest absolute Gasteiger partial charge is 0.504 e. The van der Waals surface area contributed by atoms with Gasteiger partial charge in [-0.05, 0) is 37.5 Å². The van der Waals surface area contributed by atoms with Gasteiger partial charge in [0.15, 0.2) is 11.5 Å². The number of phenolic OH excluding ortho intramolecular Hbond substituents is 1. The second kappa shape index (κ2) is 5.59. The second-order valence-corrected chi connectivity index (χ2v) is 5.03. The maximum absolute atomic E-state index is 9.54. The van der Waals surface area contributed by atoms with Crippen molar-refractivity contribution in [3.63, 3.8) is 0 Å². The van der Waals surface area contributed by atoms with Crippen LogP contribution in [0.15, 0.2) is 18.2 Å². The molecule has 0 radical (unpaired) electrons. The lowest BCUT2D eigenvalue weighted by Crippen LogP contribution is -2.46. The summed E-state index contributed by atoms with van der Waals surface area (Å²) in [5.74, 6) is 0.699. The summed E-state index contributed by atoms with van der Waals surface area (Å²) < 4.78 is 10.5. The Morgan fingerprint density at radius 2 is 2.11 bits per heavy atom. The first kappa shape index (κ1) is 13.2. The van der Waals surface area contributed by atoms with E-state index in [9.17, 15) is 5.11 Å². The highest BCUT2D eigenvalue weighted by molar-refractivity contribution is 5.41. The molecular weight excluding hydrogens is 230 g/mol. The van der Waals surface area contributed by atoms with E-state index in [1.54, 1.807) is 13.2 Å². The minimum absolute atomic E-state index is 0.142. The van der Waals surface area contributed by atoms with E-state index in [4.69, 9.17) is 9.47 Å². The Morgan fingerprint density at radius 3 is 2.78 bits per heavy atom. The molecule has 1 aromatic carbocycles. The Bertz CT molecular complexity index is 400. The van der Waals surface area contributed by atoms with Gasteiger partial charge in [-0.25, -0.2) is 0 Å². The molecule has 4 nitrogen and oxygen atoms in total. The fraction of sp³-hybridized carbons (Fsp3) is 0.571. The van der Waals surface area contributed by atoms with Crippen molar-refractivity contribution < 1.29 is 14.6 Å². The van der Waals surface area contributed by atoms with Crippen LogP contribution in [0.3, 0.4) is 0 Å². The van der Waals surface area contributed by atoms with E-state index < -0.39 is 0 Å². The van der Waals surface area contributed by atoms with E-state index in [-0.39, 0.29) is 11.3 Å². The summed E-state index contributed by atoms with van der Waals surface area (Å²) in [5, 5.41) is 13.1. The predicted octanol–water partition coefficient (Wildman–Crippen LogP) is 2.06. The minimum Gasteiger partial charge on any atom is -0.504 e. The molecule has 0 aliphatic carbocycles. The number of methoxy groups -OCH3 is 1. The van der Waals surface area contributed by atoms with Crippen LogP contribution in [0.25, 0.3) is 0 Å². The molecule has 1 saturated heterocycles. The number of phenols is 1. The predicted molar refractivity (Wildman–Crippen MR) is 70.0 cm³/mol. The Balaban J connectivity index is 1.97. The van der Waals surface area contributed by atoms with E-state index in [0.717, 1.165) is 38.2 Å². The molecule has 18 heavy (non-hydrogen) atoms. The van der Waals surface area contributed by atoms with Crippen molar-refractivity contribution in [2.24, 2.45) is 0 Å². The van der Waals surface area contributed by atoms with Gasteiger partial charge in [0.05, 0.1) is 7.11 Å². The van der Waals surface area contributed by atoms with Crippen LogP contribution >= 0.6 is 0 Å². The normalized spacial score (nSPS) is 18.6. The first-order valence-electron chi connectivity index (χ1n) is 6.32. The van der Waals surface area contributed by atoms with Crippen LogP contribution in [0.1, 0.15) is 25.3 Å². The summed E-state index contributed by atoms with van der Waals surface area (Å²) in [5.41, 5.74) is 1.25. The van der Waals surface area contributed by atoms with E-state index in [1.165, 1.54) is 0 Å². The van der Waals surface area contributed by atoms with Gasteiger partial charge in [-0.1, -0.05) is 6.07 Å². The maximum atomic E-state index is 9.54.